The number of carbonyl (C=O) groups is 1. The fourth-order valence-electron chi connectivity index (χ4n) is 3.84. The summed E-state index contributed by atoms with van der Waals surface area (Å²) in [4.78, 5) is 13.5. The quantitative estimate of drug-likeness (QED) is 0.659. The summed E-state index contributed by atoms with van der Waals surface area (Å²) in [5.74, 6) is 0.107. The van der Waals surface area contributed by atoms with Gasteiger partial charge in [0.05, 0.1) is 23.7 Å². The van der Waals surface area contributed by atoms with Gasteiger partial charge in [0, 0.05) is 28.8 Å². The molecule has 0 atom stereocenters. The van der Waals surface area contributed by atoms with E-state index in [2.05, 4.69) is 10.4 Å². The van der Waals surface area contributed by atoms with E-state index in [4.69, 9.17) is 4.74 Å². The number of ether oxygens (including phenoxy) is 1. The molecule has 4 rings (SSSR count). The van der Waals surface area contributed by atoms with Crippen molar-refractivity contribution in [1.29, 1.82) is 0 Å². The summed E-state index contributed by atoms with van der Waals surface area (Å²) < 4.78 is 22.2. The Morgan fingerprint density at radius 3 is 2.93 bits per heavy atom. The highest BCUT2D eigenvalue weighted by molar-refractivity contribution is 7.21. The van der Waals surface area contributed by atoms with Crippen LogP contribution in [0.2, 0.25) is 0 Å². The largest absolute Gasteiger partial charge is 0.380 e. The van der Waals surface area contributed by atoms with Crippen molar-refractivity contribution < 1.29 is 13.9 Å². The van der Waals surface area contributed by atoms with Crippen LogP contribution in [0.5, 0.6) is 0 Å². The van der Waals surface area contributed by atoms with Gasteiger partial charge in [-0.25, -0.2) is 9.07 Å². The standard InChI is InChI=1S/C20H22FN3O2S/c1-26-12-14-18-15(21)8-5-9-16(18)27-19(14)20(25)23-17-10-11-22-24(17)13-6-3-2-4-7-13/h5,8-11,13H,2-4,6-7,12H2,1H3,(H,23,25). The van der Waals surface area contributed by atoms with Crippen LogP contribution in [0.1, 0.15) is 53.4 Å². The molecule has 0 radical (unpaired) electrons. The van der Waals surface area contributed by atoms with Crippen molar-refractivity contribution in [2.45, 2.75) is 44.8 Å². The molecule has 0 saturated heterocycles. The fraction of sp³-hybridized carbons (Fsp3) is 0.400. The maximum atomic E-state index is 14.3. The van der Waals surface area contributed by atoms with E-state index in [1.807, 2.05) is 16.8 Å². The third-order valence-electron chi connectivity index (χ3n) is 5.09. The van der Waals surface area contributed by atoms with Gasteiger partial charge in [-0.1, -0.05) is 25.3 Å². The molecule has 7 heteroatoms. The van der Waals surface area contributed by atoms with Gasteiger partial charge < -0.3 is 10.1 Å². The van der Waals surface area contributed by atoms with Crippen LogP contribution < -0.4 is 5.32 Å². The van der Waals surface area contributed by atoms with Gasteiger partial charge in [0.25, 0.3) is 5.91 Å². The van der Waals surface area contributed by atoms with Gasteiger partial charge in [0.1, 0.15) is 11.6 Å². The second kappa shape index (κ2) is 7.78. The molecule has 142 valence electrons. The number of hydrogen-bond donors (Lipinski definition) is 1. The third-order valence-corrected chi connectivity index (χ3v) is 6.29. The lowest BCUT2D eigenvalue weighted by Crippen LogP contribution is -2.20. The molecule has 1 aliphatic carbocycles. The van der Waals surface area contributed by atoms with E-state index in [0.29, 0.717) is 27.7 Å². The SMILES string of the molecule is COCc1c(C(=O)Nc2ccnn2C2CCCCC2)sc2cccc(F)c12. The van der Waals surface area contributed by atoms with Crippen molar-refractivity contribution in [1.82, 2.24) is 9.78 Å². The van der Waals surface area contributed by atoms with Gasteiger partial charge in [-0.2, -0.15) is 5.10 Å². The van der Waals surface area contributed by atoms with Crippen LogP contribution >= 0.6 is 11.3 Å². The second-order valence-corrected chi connectivity index (χ2v) is 7.91. The van der Waals surface area contributed by atoms with E-state index in [0.717, 1.165) is 17.5 Å². The van der Waals surface area contributed by atoms with Crippen molar-refractivity contribution in [2.75, 3.05) is 12.4 Å². The van der Waals surface area contributed by atoms with Gasteiger partial charge in [0.2, 0.25) is 0 Å². The van der Waals surface area contributed by atoms with Crippen LogP contribution in [-0.4, -0.2) is 22.8 Å². The molecule has 27 heavy (non-hydrogen) atoms. The number of methoxy groups -OCH3 is 1. The Labute approximate surface area is 161 Å². The lowest BCUT2D eigenvalue weighted by molar-refractivity contribution is 0.102. The summed E-state index contributed by atoms with van der Waals surface area (Å²) in [6.45, 7) is 0.186. The lowest BCUT2D eigenvalue weighted by atomic mass is 9.96. The molecule has 5 nitrogen and oxygen atoms in total. The van der Waals surface area contributed by atoms with E-state index >= 15 is 0 Å². The molecular formula is C20H22FN3O2S. The molecule has 2 aromatic heterocycles. The number of fused-ring (bicyclic) bond motifs is 1. The molecule has 0 bridgehead atoms. The summed E-state index contributed by atoms with van der Waals surface area (Å²) in [6.07, 6.45) is 7.50. The molecule has 3 aromatic rings. The number of thiophene rings is 1. The minimum Gasteiger partial charge on any atom is -0.380 e. The highest BCUT2D eigenvalue weighted by Gasteiger charge is 2.23. The van der Waals surface area contributed by atoms with E-state index in [1.165, 1.54) is 36.7 Å². The Hall–Kier alpha value is -2.25. The average molecular weight is 387 g/mol. The predicted octanol–water partition coefficient (Wildman–Crippen LogP) is 5.14. The van der Waals surface area contributed by atoms with Crippen molar-refractivity contribution in [3.8, 4) is 0 Å². The molecule has 0 spiro atoms. The molecule has 1 amide bonds. The van der Waals surface area contributed by atoms with Gasteiger partial charge in [-0.15, -0.1) is 11.3 Å². The van der Waals surface area contributed by atoms with E-state index < -0.39 is 0 Å². The zero-order chi connectivity index (χ0) is 18.8. The van der Waals surface area contributed by atoms with Gasteiger partial charge in [-0.05, 0) is 25.0 Å². The van der Waals surface area contributed by atoms with Crippen LogP contribution in [0.4, 0.5) is 10.2 Å². The predicted molar refractivity (Wildman–Crippen MR) is 105 cm³/mol. The molecule has 1 N–H and O–H groups in total. The van der Waals surface area contributed by atoms with Gasteiger partial charge in [-0.3, -0.25) is 4.79 Å². The van der Waals surface area contributed by atoms with Crippen LogP contribution in [0.15, 0.2) is 30.5 Å². The monoisotopic (exact) mass is 387 g/mol. The normalized spacial score (nSPS) is 15.3. The molecule has 0 unspecified atom stereocenters. The minimum atomic E-state index is -0.331. The fourth-order valence-corrected chi connectivity index (χ4v) is 4.95. The summed E-state index contributed by atoms with van der Waals surface area (Å²) in [6, 6.07) is 7.03. The van der Waals surface area contributed by atoms with Crippen molar-refractivity contribution in [2.24, 2.45) is 0 Å². The molecule has 1 fully saturated rings. The molecule has 2 heterocycles. The highest BCUT2D eigenvalue weighted by Crippen LogP contribution is 2.35. The number of carbonyl (C=O) groups excluding carboxylic acids is 1. The smallest absolute Gasteiger partial charge is 0.267 e. The summed E-state index contributed by atoms with van der Waals surface area (Å²) in [7, 11) is 1.55. The van der Waals surface area contributed by atoms with Crippen molar-refractivity contribution in [3.63, 3.8) is 0 Å². The number of hydrogen-bond acceptors (Lipinski definition) is 4. The summed E-state index contributed by atoms with van der Waals surface area (Å²) in [5.41, 5.74) is 0.594. The average Bonchev–Trinajstić information content (AvgIpc) is 3.28. The molecule has 1 saturated carbocycles. The lowest BCUT2D eigenvalue weighted by Gasteiger charge is -2.23. The van der Waals surface area contributed by atoms with Crippen LogP contribution in [0, 0.1) is 5.82 Å². The molecule has 0 aliphatic heterocycles. The zero-order valence-corrected chi connectivity index (χ0v) is 16.0. The first kappa shape index (κ1) is 18.1. The number of aromatic nitrogens is 2. The Morgan fingerprint density at radius 1 is 1.33 bits per heavy atom. The van der Waals surface area contributed by atoms with Crippen LogP contribution in [0.25, 0.3) is 10.1 Å². The number of benzene rings is 1. The van der Waals surface area contributed by atoms with E-state index in [-0.39, 0.29) is 18.3 Å². The second-order valence-electron chi connectivity index (χ2n) is 6.86. The van der Waals surface area contributed by atoms with E-state index in [9.17, 15) is 9.18 Å². The number of nitrogens with zero attached hydrogens (tertiary/aromatic N) is 2. The molecular weight excluding hydrogens is 365 g/mol. The number of amides is 1. The Morgan fingerprint density at radius 2 is 2.15 bits per heavy atom. The summed E-state index contributed by atoms with van der Waals surface area (Å²) >= 11 is 1.29. The van der Waals surface area contributed by atoms with Crippen LogP contribution in [0.3, 0.4) is 0 Å². The Kier molecular flexibility index (Phi) is 5.22. The number of anilines is 1. The summed E-state index contributed by atoms with van der Waals surface area (Å²) in [5, 5.41) is 7.87. The number of nitrogens with one attached hydrogen (secondary N) is 1. The van der Waals surface area contributed by atoms with Crippen molar-refractivity contribution >= 4 is 33.1 Å². The third kappa shape index (κ3) is 3.49. The maximum absolute atomic E-state index is 14.3. The van der Waals surface area contributed by atoms with E-state index in [1.54, 1.807) is 19.4 Å². The van der Waals surface area contributed by atoms with Gasteiger partial charge in [0.15, 0.2) is 0 Å². The topological polar surface area (TPSA) is 56.1 Å². The van der Waals surface area contributed by atoms with Gasteiger partial charge >= 0.3 is 0 Å². The maximum Gasteiger partial charge on any atom is 0.267 e. The number of rotatable bonds is 5. The Bertz CT molecular complexity index is 959. The first-order valence-corrected chi connectivity index (χ1v) is 10.0. The zero-order valence-electron chi connectivity index (χ0n) is 15.2. The van der Waals surface area contributed by atoms with Crippen LogP contribution in [-0.2, 0) is 11.3 Å². The molecule has 1 aliphatic rings. The first-order chi connectivity index (χ1) is 13.2. The first-order valence-electron chi connectivity index (χ1n) is 9.22. The minimum absolute atomic E-state index is 0.186. The number of halogens is 1. The molecule has 1 aromatic carbocycles. The Balaban J connectivity index is 1.65. The highest BCUT2D eigenvalue weighted by atomic mass is 32.1. The van der Waals surface area contributed by atoms with Crippen molar-refractivity contribution in [3.05, 3.63) is 46.7 Å².